The molecule has 2 fully saturated rings. The Bertz CT molecular complexity index is 607. The van der Waals surface area contributed by atoms with E-state index in [0.717, 1.165) is 17.7 Å². The summed E-state index contributed by atoms with van der Waals surface area (Å²) >= 11 is 1.70. The number of nitrogens with one attached hydrogen (secondary N) is 1. The maximum Gasteiger partial charge on any atom is 0.248 e. The molecular formula is C16H20N2O3S. The van der Waals surface area contributed by atoms with Crippen LogP contribution < -0.4 is 5.32 Å². The summed E-state index contributed by atoms with van der Waals surface area (Å²) in [5.74, 6) is 0.619. The van der Waals surface area contributed by atoms with Crippen LogP contribution in [0, 0.1) is 0 Å². The van der Waals surface area contributed by atoms with Crippen molar-refractivity contribution in [2.24, 2.45) is 0 Å². The molecule has 0 saturated carbocycles. The van der Waals surface area contributed by atoms with Crippen molar-refractivity contribution < 1.29 is 14.3 Å². The number of benzene rings is 1. The van der Waals surface area contributed by atoms with Crippen LogP contribution in [0.1, 0.15) is 25.3 Å². The minimum atomic E-state index is -0.388. The van der Waals surface area contributed by atoms with Gasteiger partial charge in [0.25, 0.3) is 0 Å². The fourth-order valence-corrected chi connectivity index (χ4v) is 4.59. The third-order valence-corrected chi connectivity index (χ3v) is 5.83. The topological polar surface area (TPSA) is 58.6 Å². The number of carbonyl (C=O) groups is 2. The minimum Gasteiger partial charge on any atom is -0.380 e. The zero-order chi connectivity index (χ0) is 15.7. The van der Waals surface area contributed by atoms with Crippen LogP contribution in [0.4, 0.5) is 5.69 Å². The largest absolute Gasteiger partial charge is 0.380 e. The second kappa shape index (κ2) is 5.93. The van der Waals surface area contributed by atoms with E-state index < -0.39 is 0 Å². The maximum atomic E-state index is 12.6. The van der Waals surface area contributed by atoms with Gasteiger partial charge in [0.2, 0.25) is 11.8 Å². The highest BCUT2D eigenvalue weighted by molar-refractivity contribution is 8.01. The van der Waals surface area contributed by atoms with Crippen molar-refractivity contribution >= 4 is 29.3 Å². The number of methoxy groups -OCH3 is 1. The Hall–Kier alpha value is -1.53. The van der Waals surface area contributed by atoms with E-state index in [1.54, 1.807) is 23.8 Å². The second-order valence-corrected chi connectivity index (χ2v) is 7.35. The van der Waals surface area contributed by atoms with Crippen molar-refractivity contribution in [1.82, 2.24) is 4.90 Å². The zero-order valence-electron chi connectivity index (χ0n) is 12.8. The molecule has 1 aromatic carbocycles. The van der Waals surface area contributed by atoms with Gasteiger partial charge in [0.15, 0.2) is 0 Å². The molecule has 2 aliphatic heterocycles. The molecule has 2 amide bonds. The SMILES string of the molecule is COCc1ccccc1NC(=O)[C@H]1CS[C@]2(C)CCC(=O)N12. The van der Waals surface area contributed by atoms with Crippen molar-refractivity contribution in [1.29, 1.82) is 0 Å². The highest BCUT2D eigenvalue weighted by Crippen LogP contribution is 2.47. The quantitative estimate of drug-likeness (QED) is 0.924. The van der Waals surface area contributed by atoms with Crippen LogP contribution in [0.25, 0.3) is 0 Å². The van der Waals surface area contributed by atoms with Gasteiger partial charge in [-0.25, -0.2) is 0 Å². The Kier molecular flexibility index (Phi) is 4.14. The van der Waals surface area contributed by atoms with E-state index in [-0.39, 0.29) is 22.7 Å². The van der Waals surface area contributed by atoms with Crippen LogP contribution in [-0.2, 0) is 20.9 Å². The first-order valence-corrected chi connectivity index (χ1v) is 8.37. The average Bonchev–Trinajstić information content (AvgIpc) is 2.98. The van der Waals surface area contributed by atoms with E-state index in [1.165, 1.54) is 0 Å². The number of fused-ring (bicyclic) bond motifs is 1. The molecule has 1 N–H and O–H groups in total. The Morgan fingerprint density at radius 3 is 3.05 bits per heavy atom. The van der Waals surface area contributed by atoms with Crippen LogP contribution in [0.15, 0.2) is 24.3 Å². The number of hydrogen-bond donors (Lipinski definition) is 1. The molecule has 118 valence electrons. The number of nitrogens with zero attached hydrogens (tertiary/aromatic N) is 1. The zero-order valence-corrected chi connectivity index (χ0v) is 13.6. The molecular weight excluding hydrogens is 300 g/mol. The predicted octanol–water partition coefficient (Wildman–Crippen LogP) is 2.23. The molecule has 0 aliphatic carbocycles. The third kappa shape index (κ3) is 2.61. The van der Waals surface area contributed by atoms with E-state index in [1.807, 2.05) is 24.3 Å². The molecule has 1 aromatic rings. The van der Waals surface area contributed by atoms with Gasteiger partial charge in [0, 0.05) is 30.5 Å². The summed E-state index contributed by atoms with van der Waals surface area (Å²) in [5, 5.41) is 2.96. The van der Waals surface area contributed by atoms with Gasteiger partial charge in [0.05, 0.1) is 11.5 Å². The Labute approximate surface area is 134 Å². The number of amides is 2. The van der Waals surface area contributed by atoms with E-state index in [4.69, 9.17) is 4.74 Å². The first-order valence-electron chi connectivity index (χ1n) is 7.39. The molecule has 0 bridgehead atoms. The lowest BCUT2D eigenvalue weighted by atomic mass is 10.1. The Morgan fingerprint density at radius 1 is 1.50 bits per heavy atom. The molecule has 22 heavy (non-hydrogen) atoms. The predicted molar refractivity (Wildman–Crippen MR) is 86.5 cm³/mol. The first kappa shape index (κ1) is 15.4. The average molecular weight is 320 g/mol. The number of rotatable bonds is 4. The molecule has 5 nitrogen and oxygen atoms in total. The lowest BCUT2D eigenvalue weighted by Gasteiger charge is -2.30. The molecule has 2 aliphatic rings. The Balaban J connectivity index is 1.77. The van der Waals surface area contributed by atoms with Crippen LogP contribution >= 0.6 is 11.8 Å². The summed E-state index contributed by atoms with van der Waals surface area (Å²) in [6.45, 7) is 2.49. The minimum absolute atomic E-state index is 0.0813. The number of carbonyl (C=O) groups excluding carboxylic acids is 2. The van der Waals surface area contributed by atoms with Gasteiger partial charge < -0.3 is 15.0 Å². The first-order chi connectivity index (χ1) is 10.5. The monoisotopic (exact) mass is 320 g/mol. The van der Waals surface area contributed by atoms with E-state index in [2.05, 4.69) is 12.2 Å². The van der Waals surface area contributed by atoms with Crippen molar-refractivity contribution in [3.05, 3.63) is 29.8 Å². The fraction of sp³-hybridized carbons (Fsp3) is 0.500. The van der Waals surface area contributed by atoms with Gasteiger partial charge in [-0.05, 0) is 19.4 Å². The summed E-state index contributed by atoms with van der Waals surface area (Å²) < 4.78 is 5.16. The van der Waals surface area contributed by atoms with Crippen molar-refractivity contribution in [3.8, 4) is 0 Å². The summed E-state index contributed by atoms with van der Waals surface area (Å²) in [5.41, 5.74) is 1.68. The number of hydrogen-bond acceptors (Lipinski definition) is 4. The molecule has 0 unspecified atom stereocenters. The van der Waals surface area contributed by atoms with Crippen molar-refractivity contribution in [2.75, 3.05) is 18.2 Å². The van der Waals surface area contributed by atoms with Gasteiger partial charge in [0.1, 0.15) is 6.04 Å². The van der Waals surface area contributed by atoms with Crippen molar-refractivity contribution in [3.63, 3.8) is 0 Å². The fourth-order valence-electron chi connectivity index (χ4n) is 3.15. The number of thioether (sulfide) groups is 1. The standard InChI is InChI=1S/C16H20N2O3S/c1-16-8-7-14(19)18(16)13(10-22-16)15(20)17-12-6-4-3-5-11(12)9-21-2/h3-6,13H,7-10H2,1-2H3,(H,17,20)/t13-,16-/m1/s1. The molecule has 2 saturated heterocycles. The molecule has 0 aromatic heterocycles. The molecule has 2 atom stereocenters. The van der Waals surface area contributed by atoms with Crippen LogP contribution in [0.3, 0.4) is 0 Å². The van der Waals surface area contributed by atoms with Gasteiger partial charge in [-0.15, -0.1) is 11.8 Å². The van der Waals surface area contributed by atoms with Gasteiger partial charge >= 0.3 is 0 Å². The highest BCUT2D eigenvalue weighted by Gasteiger charge is 2.52. The van der Waals surface area contributed by atoms with Crippen molar-refractivity contribution in [2.45, 2.75) is 37.3 Å². The molecule has 3 rings (SSSR count). The lowest BCUT2D eigenvalue weighted by molar-refractivity contribution is -0.135. The normalized spacial score (nSPS) is 27.1. The summed E-state index contributed by atoms with van der Waals surface area (Å²) in [4.78, 5) is 26.3. The number of anilines is 1. The molecule has 0 spiro atoms. The molecule has 6 heteroatoms. The summed E-state index contributed by atoms with van der Waals surface area (Å²) in [7, 11) is 1.63. The Morgan fingerprint density at radius 2 is 2.27 bits per heavy atom. The molecule has 2 heterocycles. The number of para-hydroxylation sites is 1. The molecule has 0 radical (unpaired) electrons. The third-order valence-electron chi connectivity index (χ3n) is 4.32. The van der Waals surface area contributed by atoms with Gasteiger partial charge in [-0.2, -0.15) is 0 Å². The van der Waals surface area contributed by atoms with Gasteiger partial charge in [-0.1, -0.05) is 18.2 Å². The second-order valence-electron chi connectivity index (χ2n) is 5.84. The van der Waals surface area contributed by atoms with E-state index in [9.17, 15) is 9.59 Å². The smallest absolute Gasteiger partial charge is 0.248 e. The van der Waals surface area contributed by atoms with Gasteiger partial charge in [-0.3, -0.25) is 9.59 Å². The van der Waals surface area contributed by atoms with E-state index in [0.29, 0.717) is 18.8 Å². The summed E-state index contributed by atoms with van der Waals surface area (Å²) in [6.07, 6.45) is 1.36. The maximum absolute atomic E-state index is 12.6. The number of ether oxygens (including phenoxy) is 1. The van der Waals surface area contributed by atoms with Crippen LogP contribution in [0.5, 0.6) is 0 Å². The van der Waals surface area contributed by atoms with Crippen LogP contribution in [-0.4, -0.2) is 40.5 Å². The summed E-state index contributed by atoms with van der Waals surface area (Å²) in [6, 6.07) is 7.19. The van der Waals surface area contributed by atoms with Crippen LogP contribution in [0.2, 0.25) is 0 Å². The highest BCUT2D eigenvalue weighted by atomic mass is 32.2. The van der Waals surface area contributed by atoms with E-state index >= 15 is 0 Å². The lowest BCUT2D eigenvalue weighted by Crippen LogP contribution is -2.48.